The van der Waals surface area contributed by atoms with E-state index in [1.54, 1.807) is 0 Å². The van der Waals surface area contributed by atoms with E-state index in [-0.39, 0.29) is 5.54 Å². The van der Waals surface area contributed by atoms with Gasteiger partial charge in [-0.25, -0.2) is 0 Å². The fourth-order valence-electron chi connectivity index (χ4n) is 1.33. The summed E-state index contributed by atoms with van der Waals surface area (Å²) >= 11 is 0. The number of anilines is 1. The topological polar surface area (TPSA) is 12.0 Å². The highest BCUT2D eigenvalue weighted by molar-refractivity contribution is 7.95. The zero-order chi connectivity index (χ0) is 10.8. The van der Waals surface area contributed by atoms with Gasteiger partial charge in [0, 0.05) is 16.4 Å². The standard InChI is InChI=1S/C12H20NS/c1-12(2,3)13-10-8-6-7-9-11(10)14(4)5/h6-9,13H,1-5H3/q+1. The second-order valence-electron chi connectivity index (χ2n) is 4.69. The van der Waals surface area contributed by atoms with Crippen molar-refractivity contribution in [3.8, 4) is 0 Å². The Bertz CT molecular complexity index is 299. The molecule has 0 fully saturated rings. The number of hydrogen-bond donors (Lipinski definition) is 1. The number of para-hydroxylation sites is 1. The number of hydrogen-bond acceptors (Lipinski definition) is 1. The van der Waals surface area contributed by atoms with Crippen LogP contribution >= 0.6 is 0 Å². The first-order chi connectivity index (χ1) is 6.40. The molecule has 0 aliphatic heterocycles. The largest absolute Gasteiger partial charge is 0.376 e. The fourth-order valence-corrected chi connectivity index (χ4v) is 2.24. The van der Waals surface area contributed by atoms with Crippen LogP contribution in [0.4, 0.5) is 5.69 Å². The molecule has 0 bridgehead atoms. The predicted molar refractivity (Wildman–Crippen MR) is 67.3 cm³/mol. The molecule has 0 amide bonds. The lowest BCUT2D eigenvalue weighted by Crippen LogP contribution is -2.27. The summed E-state index contributed by atoms with van der Waals surface area (Å²) in [7, 11) is 0.312. The van der Waals surface area contributed by atoms with Gasteiger partial charge >= 0.3 is 0 Å². The zero-order valence-corrected chi connectivity index (χ0v) is 10.5. The molecule has 1 N–H and O–H groups in total. The van der Waals surface area contributed by atoms with Gasteiger partial charge in [-0.15, -0.1) is 0 Å². The average molecular weight is 210 g/mol. The van der Waals surface area contributed by atoms with Gasteiger partial charge in [0.25, 0.3) is 0 Å². The molecule has 14 heavy (non-hydrogen) atoms. The molecule has 0 heterocycles. The quantitative estimate of drug-likeness (QED) is 0.740. The summed E-state index contributed by atoms with van der Waals surface area (Å²) in [6.45, 7) is 6.56. The van der Waals surface area contributed by atoms with Gasteiger partial charge in [0.1, 0.15) is 12.5 Å². The van der Waals surface area contributed by atoms with Gasteiger partial charge in [-0.05, 0) is 32.9 Å². The van der Waals surface area contributed by atoms with E-state index in [4.69, 9.17) is 0 Å². The molecule has 0 unspecified atom stereocenters. The molecule has 0 atom stereocenters. The molecule has 78 valence electrons. The van der Waals surface area contributed by atoms with Crippen LogP contribution < -0.4 is 5.32 Å². The van der Waals surface area contributed by atoms with Crippen LogP contribution in [0.5, 0.6) is 0 Å². The molecular weight excluding hydrogens is 190 g/mol. The first kappa shape index (κ1) is 11.4. The van der Waals surface area contributed by atoms with Crippen LogP contribution in [0.15, 0.2) is 29.2 Å². The van der Waals surface area contributed by atoms with Gasteiger partial charge in [0.2, 0.25) is 0 Å². The van der Waals surface area contributed by atoms with Crippen LogP contribution in [0.25, 0.3) is 0 Å². The fraction of sp³-hybridized carbons (Fsp3) is 0.500. The zero-order valence-electron chi connectivity index (χ0n) is 9.72. The highest BCUT2D eigenvalue weighted by Gasteiger charge is 2.17. The summed E-state index contributed by atoms with van der Waals surface area (Å²) in [4.78, 5) is 1.42. The van der Waals surface area contributed by atoms with Gasteiger partial charge in [0.15, 0.2) is 4.90 Å². The van der Waals surface area contributed by atoms with Crippen LogP contribution in [0, 0.1) is 0 Å². The van der Waals surface area contributed by atoms with E-state index in [0.29, 0.717) is 10.9 Å². The maximum atomic E-state index is 3.54. The lowest BCUT2D eigenvalue weighted by Gasteiger charge is -2.22. The molecular formula is C12H20NS+. The highest BCUT2D eigenvalue weighted by atomic mass is 32.2. The Hall–Kier alpha value is -0.630. The molecule has 1 nitrogen and oxygen atoms in total. The average Bonchev–Trinajstić information content (AvgIpc) is 2.01. The lowest BCUT2D eigenvalue weighted by molar-refractivity contribution is 0.632. The minimum absolute atomic E-state index is 0.134. The molecule has 1 aromatic carbocycles. The summed E-state index contributed by atoms with van der Waals surface area (Å²) in [6, 6.07) is 8.56. The molecule has 0 saturated heterocycles. The number of nitrogens with one attached hydrogen (secondary N) is 1. The van der Waals surface area contributed by atoms with E-state index in [9.17, 15) is 0 Å². The Kier molecular flexibility index (Phi) is 3.48. The van der Waals surface area contributed by atoms with Crippen LogP contribution in [0.3, 0.4) is 0 Å². The first-order valence-corrected chi connectivity index (χ1v) is 6.89. The predicted octanol–water partition coefficient (Wildman–Crippen LogP) is 3.13. The van der Waals surface area contributed by atoms with Crippen molar-refractivity contribution in [2.75, 3.05) is 17.8 Å². The minimum Gasteiger partial charge on any atom is -0.376 e. The Balaban J connectivity index is 2.96. The highest BCUT2D eigenvalue weighted by Crippen LogP contribution is 2.23. The van der Waals surface area contributed by atoms with Crippen LogP contribution in [-0.4, -0.2) is 18.1 Å². The molecule has 0 saturated carbocycles. The Morgan fingerprint density at radius 3 is 2.14 bits per heavy atom. The van der Waals surface area contributed by atoms with E-state index < -0.39 is 0 Å². The number of rotatable bonds is 2. The smallest absolute Gasteiger partial charge is 0.177 e. The Morgan fingerprint density at radius 2 is 1.64 bits per heavy atom. The summed E-state index contributed by atoms with van der Waals surface area (Å²) in [6.07, 6.45) is 4.51. The maximum absolute atomic E-state index is 3.54. The van der Waals surface area contributed by atoms with Gasteiger partial charge < -0.3 is 5.32 Å². The molecule has 0 aliphatic rings. The van der Waals surface area contributed by atoms with Crippen molar-refractivity contribution in [1.82, 2.24) is 0 Å². The van der Waals surface area contributed by atoms with Crippen molar-refractivity contribution >= 4 is 16.6 Å². The van der Waals surface area contributed by atoms with Crippen molar-refractivity contribution in [2.24, 2.45) is 0 Å². The van der Waals surface area contributed by atoms with E-state index in [1.807, 2.05) is 0 Å². The third kappa shape index (κ3) is 3.26. The van der Waals surface area contributed by atoms with Crippen molar-refractivity contribution in [1.29, 1.82) is 0 Å². The van der Waals surface area contributed by atoms with Crippen molar-refractivity contribution in [2.45, 2.75) is 31.2 Å². The summed E-state index contributed by atoms with van der Waals surface area (Å²) in [5.41, 5.74) is 1.41. The van der Waals surface area contributed by atoms with E-state index in [0.717, 1.165) is 0 Å². The van der Waals surface area contributed by atoms with Crippen LogP contribution in [0.2, 0.25) is 0 Å². The van der Waals surface area contributed by atoms with Crippen LogP contribution in [0.1, 0.15) is 20.8 Å². The van der Waals surface area contributed by atoms with Gasteiger partial charge in [0.05, 0.1) is 5.69 Å². The van der Waals surface area contributed by atoms with Crippen LogP contribution in [-0.2, 0) is 10.9 Å². The van der Waals surface area contributed by atoms with Gasteiger partial charge in [-0.3, -0.25) is 0 Å². The summed E-state index contributed by atoms with van der Waals surface area (Å²) in [5, 5.41) is 3.54. The summed E-state index contributed by atoms with van der Waals surface area (Å²) < 4.78 is 0. The van der Waals surface area contributed by atoms with Gasteiger partial charge in [-0.1, -0.05) is 12.1 Å². The van der Waals surface area contributed by atoms with E-state index in [2.05, 4.69) is 62.9 Å². The van der Waals surface area contributed by atoms with E-state index in [1.165, 1.54) is 10.6 Å². The lowest BCUT2D eigenvalue weighted by atomic mass is 10.1. The molecule has 0 aliphatic carbocycles. The second kappa shape index (κ2) is 4.26. The minimum atomic E-state index is 0.134. The molecule has 0 aromatic heterocycles. The third-order valence-corrected chi connectivity index (χ3v) is 3.07. The SMILES string of the molecule is C[S+](C)c1ccccc1NC(C)(C)C. The normalized spacial score (nSPS) is 11.9. The molecule has 2 heteroatoms. The van der Waals surface area contributed by atoms with E-state index >= 15 is 0 Å². The van der Waals surface area contributed by atoms with Crippen molar-refractivity contribution in [3.63, 3.8) is 0 Å². The summed E-state index contributed by atoms with van der Waals surface area (Å²) in [5.74, 6) is 0. The van der Waals surface area contributed by atoms with Gasteiger partial charge in [-0.2, -0.15) is 0 Å². The third-order valence-electron chi connectivity index (χ3n) is 1.84. The Morgan fingerprint density at radius 1 is 1.07 bits per heavy atom. The Labute approximate surface area is 90.3 Å². The molecule has 1 rings (SSSR count). The van der Waals surface area contributed by atoms with Crippen molar-refractivity contribution in [3.05, 3.63) is 24.3 Å². The second-order valence-corrected chi connectivity index (χ2v) is 6.76. The molecule has 0 spiro atoms. The maximum Gasteiger partial charge on any atom is 0.177 e. The monoisotopic (exact) mass is 210 g/mol. The molecule has 1 aromatic rings. The van der Waals surface area contributed by atoms with Crippen molar-refractivity contribution < 1.29 is 0 Å². The number of benzene rings is 1. The molecule has 0 radical (unpaired) electrons. The first-order valence-electron chi connectivity index (χ1n) is 4.85.